The number of hydrogen-bond acceptors (Lipinski definition) is 7. The zero-order chi connectivity index (χ0) is 50.6. The lowest BCUT2D eigenvalue weighted by molar-refractivity contribution is -0.870. The molecule has 0 heterocycles. The number of quaternary nitrogens is 1. The summed E-state index contributed by atoms with van der Waals surface area (Å²) < 4.78 is 34.6. The first-order chi connectivity index (χ1) is 33.5. The average molecular weight is 994 g/mol. The normalized spacial score (nSPS) is 13.7. The van der Waals surface area contributed by atoms with Gasteiger partial charge < -0.3 is 18.9 Å². The summed E-state index contributed by atoms with van der Waals surface area (Å²) in [6, 6.07) is 0. The summed E-state index contributed by atoms with van der Waals surface area (Å²) in [5, 5.41) is 0. The van der Waals surface area contributed by atoms with E-state index in [1.54, 1.807) is 0 Å². The lowest BCUT2D eigenvalue weighted by Gasteiger charge is -2.24. The van der Waals surface area contributed by atoms with Crippen LogP contribution in [0.1, 0.15) is 264 Å². The van der Waals surface area contributed by atoms with Gasteiger partial charge in [0.1, 0.15) is 19.8 Å². The van der Waals surface area contributed by atoms with Crippen molar-refractivity contribution in [2.75, 3.05) is 47.5 Å². The molecule has 0 radical (unpaired) electrons. The van der Waals surface area contributed by atoms with Crippen LogP contribution < -0.4 is 0 Å². The number of hydrogen-bond donors (Lipinski definition) is 1. The minimum atomic E-state index is -4.38. The Morgan fingerprint density at radius 3 is 1.23 bits per heavy atom. The Hall–Kier alpha value is -2.03. The first-order valence-electron chi connectivity index (χ1n) is 28.9. The molecule has 9 nitrogen and oxygen atoms in total. The molecule has 0 aromatic carbocycles. The second-order valence-electron chi connectivity index (χ2n) is 20.7. The first kappa shape index (κ1) is 67.0. The molecule has 0 aromatic rings. The second-order valence-corrected chi connectivity index (χ2v) is 22.1. The van der Waals surface area contributed by atoms with E-state index in [4.69, 9.17) is 18.5 Å². The van der Waals surface area contributed by atoms with Gasteiger partial charge in [0.05, 0.1) is 27.7 Å². The van der Waals surface area contributed by atoms with Gasteiger partial charge in [0.25, 0.3) is 0 Å². The third-order valence-electron chi connectivity index (χ3n) is 12.6. The molecule has 0 saturated carbocycles. The van der Waals surface area contributed by atoms with E-state index < -0.39 is 26.5 Å². The van der Waals surface area contributed by atoms with E-state index in [9.17, 15) is 19.0 Å². The van der Waals surface area contributed by atoms with Gasteiger partial charge in [0.2, 0.25) is 0 Å². The number of ether oxygens (including phenoxy) is 2. The van der Waals surface area contributed by atoms with Crippen LogP contribution in [-0.2, 0) is 32.7 Å². The molecule has 0 spiro atoms. The molecular formula is C59H111NO8P+. The molecule has 0 bridgehead atoms. The van der Waals surface area contributed by atoms with Crippen LogP contribution in [0.5, 0.6) is 0 Å². The summed E-state index contributed by atoms with van der Waals surface area (Å²) in [5.74, 6) is -0.786. The Labute approximate surface area is 426 Å². The van der Waals surface area contributed by atoms with Gasteiger partial charge in [-0.3, -0.25) is 18.6 Å². The van der Waals surface area contributed by atoms with Crippen molar-refractivity contribution in [2.45, 2.75) is 270 Å². The van der Waals surface area contributed by atoms with Gasteiger partial charge >= 0.3 is 19.8 Å². The van der Waals surface area contributed by atoms with Gasteiger partial charge in [-0.15, -0.1) is 0 Å². The molecule has 0 aromatic heterocycles. The molecule has 0 fully saturated rings. The van der Waals surface area contributed by atoms with Crippen LogP contribution in [0, 0.1) is 0 Å². The van der Waals surface area contributed by atoms with Gasteiger partial charge in [-0.2, -0.15) is 0 Å². The Morgan fingerprint density at radius 2 is 0.826 bits per heavy atom. The molecule has 2 atom stereocenters. The molecule has 0 aliphatic rings. The minimum absolute atomic E-state index is 0.0328. The van der Waals surface area contributed by atoms with Crippen LogP contribution in [0.4, 0.5) is 0 Å². The zero-order valence-electron chi connectivity index (χ0n) is 45.8. The predicted molar refractivity (Wildman–Crippen MR) is 293 cm³/mol. The van der Waals surface area contributed by atoms with Crippen LogP contribution in [0.2, 0.25) is 0 Å². The van der Waals surface area contributed by atoms with Crippen molar-refractivity contribution in [2.24, 2.45) is 0 Å². The Kier molecular flexibility index (Phi) is 49.4. The second kappa shape index (κ2) is 50.9. The van der Waals surface area contributed by atoms with Crippen molar-refractivity contribution in [3.63, 3.8) is 0 Å². The SMILES string of the molecule is CC/C=C\C/C=C\C/C=C\C/C=C\CCCCCCCCCCCCCCCCC(=O)OC(COC(=O)CCCCCCCCCCCCCCCCCCCC)COP(=O)(O)OCC[N+](C)(C)C. The van der Waals surface area contributed by atoms with E-state index in [0.29, 0.717) is 23.9 Å². The largest absolute Gasteiger partial charge is 0.472 e. The Balaban J connectivity index is 4.13. The fourth-order valence-corrected chi connectivity index (χ4v) is 8.93. The van der Waals surface area contributed by atoms with Gasteiger partial charge in [0.15, 0.2) is 6.10 Å². The maximum Gasteiger partial charge on any atom is 0.472 e. The van der Waals surface area contributed by atoms with Crippen LogP contribution in [0.3, 0.4) is 0 Å². The smallest absolute Gasteiger partial charge is 0.462 e. The molecule has 10 heteroatoms. The highest BCUT2D eigenvalue weighted by Gasteiger charge is 2.27. The van der Waals surface area contributed by atoms with Gasteiger partial charge in [0, 0.05) is 12.8 Å². The third kappa shape index (κ3) is 55.1. The van der Waals surface area contributed by atoms with Gasteiger partial charge in [-0.1, -0.05) is 249 Å². The fourth-order valence-electron chi connectivity index (χ4n) is 8.19. The van der Waals surface area contributed by atoms with E-state index >= 15 is 0 Å². The van der Waals surface area contributed by atoms with Crippen molar-refractivity contribution in [1.82, 2.24) is 0 Å². The maximum absolute atomic E-state index is 12.8. The van der Waals surface area contributed by atoms with Crippen LogP contribution >= 0.6 is 7.82 Å². The topological polar surface area (TPSA) is 108 Å². The quantitative estimate of drug-likeness (QED) is 0.0211. The Bertz CT molecular complexity index is 1310. The highest BCUT2D eigenvalue weighted by atomic mass is 31.2. The molecule has 0 rings (SSSR count). The number of carbonyl (C=O) groups excluding carboxylic acids is 2. The zero-order valence-corrected chi connectivity index (χ0v) is 46.7. The molecule has 2 unspecified atom stereocenters. The monoisotopic (exact) mass is 993 g/mol. The number of carbonyl (C=O) groups is 2. The van der Waals surface area contributed by atoms with E-state index in [-0.39, 0.29) is 25.6 Å². The molecular weight excluding hydrogens is 882 g/mol. The lowest BCUT2D eigenvalue weighted by Crippen LogP contribution is -2.37. The molecule has 404 valence electrons. The van der Waals surface area contributed by atoms with Crippen LogP contribution in [0.25, 0.3) is 0 Å². The van der Waals surface area contributed by atoms with Crippen molar-refractivity contribution in [3.8, 4) is 0 Å². The van der Waals surface area contributed by atoms with Crippen LogP contribution in [0.15, 0.2) is 48.6 Å². The number of rotatable bonds is 53. The summed E-state index contributed by atoms with van der Waals surface area (Å²) in [7, 11) is 1.49. The number of likely N-dealkylation sites (N-methyl/N-ethyl adjacent to an activating group) is 1. The highest BCUT2D eigenvalue weighted by molar-refractivity contribution is 7.47. The van der Waals surface area contributed by atoms with Crippen molar-refractivity contribution in [3.05, 3.63) is 48.6 Å². The summed E-state index contributed by atoms with van der Waals surface area (Å²) in [6.07, 6.45) is 63.2. The van der Waals surface area contributed by atoms with Crippen LogP contribution in [-0.4, -0.2) is 74.9 Å². The number of unbranched alkanes of at least 4 members (excludes halogenated alkanes) is 31. The number of phosphoric ester groups is 1. The van der Waals surface area contributed by atoms with E-state index in [1.807, 2.05) is 21.1 Å². The average Bonchev–Trinajstić information content (AvgIpc) is 3.31. The van der Waals surface area contributed by atoms with Gasteiger partial charge in [-0.25, -0.2) is 4.57 Å². The Morgan fingerprint density at radius 1 is 0.464 bits per heavy atom. The molecule has 0 amide bonds. The maximum atomic E-state index is 12.8. The van der Waals surface area contributed by atoms with Crippen molar-refractivity contribution in [1.29, 1.82) is 0 Å². The number of nitrogens with zero attached hydrogens (tertiary/aromatic N) is 1. The number of esters is 2. The summed E-state index contributed by atoms with van der Waals surface area (Å²) in [4.78, 5) is 35.7. The number of phosphoric acid groups is 1. The van der Waals surface area contributed by atoms with E-state index in [0.717, 1.165) is 57.8 Å². The van der Waals surface area contributed by atoms with E-state index in [2.05, 4.69) is 62.5 Å². The standard InChI is InChI=1S/C59H110NO8P/c1-6-8-10-12-14-16-18-20-22-24-26-27-28-29-30-31-32-33-34-36-38-40-42-44-46-48-50-52-59(62)68-57(56-67-69(63,64)66-54-53-60(3,4)5)55-65-58(61)51-49-47-45-43-41-39-37-35-25-23-21-19-17-15-13-11-9-7-2/h8,10,14,16,20,22,26-27,57H,6-7,9,11-13,15,17-19,21,23-25,28-56H2,1-5H3/p+1/b10-8-,16-14-,22-20-,27-26-. The van der Waals surface area contributed by atoms with Crippen molar-refractivity contribution < 1.29 is 42.1 Å². The molecule has 69 heavy (non-hydrogen) atoms. The first-order valence-corrected chi connectivity index (χ1v) is 30.4. The third-order valence-corrected chi connectivity index (χ3v) is 13.6. The molecule has 0 aliphatic heterocycles. The fraction of sp³-hybridized carbons (Fsp3) is 0.831. The summed E-state index contributed by atoms with van der Waals surface area (Å²) in [5.41, 5.74) is 0. The predicted octanol–water partition coefficient (Wildman–Crippen LogP) is 17.8. The molecule has 0 aliphatic carbocycles. The van der Waals surface area contributed by atoms with Gasteiger partial charge in [-0.05, 0) is 51.4 Å². The molecule has 0 saturated heterocycles. The summed E-state index contributed by atoms with van der Waals surface area (Å²) in [6.45, 7) is 4.36. The number of allylic oxidation sites excluding steroid dienone is 8. The minimum Gasteiger partial charge on any atom is -0.462 e. The highest BCUT2D eigenvalue weighted by Crippen LogP contribution is 2.43. The van der Waals surface area contributed by atoms with Crippen molar-refractivity contribution >= 4 is 19.8 Å². The van der Waals surface area contributed by atoms with E-state index in [1.165, 1.54) is 173 Å². The molecule has 1 N–H and O–H groups in total. The lowest BCUT2D eigenvalue weighted by atomic mass is 10.0. The summed E-state index contributed by atoms with van der Waals surface area (Å²) >= 11 is 0.